The topological polar surface area (TPSA) is 72.6 Å². The van der Waals surface area contributed by atoms with Gasteiger partial charge in [0.15, 0.2) is 0 Å². The van der Waals surface area contributed by atoms with Crippen molar-refractivity contribution in [2.45, 2.75) is 25.5 Å². The predicted molar refractivity (Wildman–Crippen MR) is 69.8 cm³/mol. The molecular weight excluding hydrogens is 244 g/mol. The van der Waals surface area contributed by atoms with E-state index in [9.17, 15) is 9.59 Å². The first-order chi connectivity index (χ1) is 9.18. The van der Waals surface area contributed by atoms with Crippen molar-refractivity contribution in [1.82, 2.24) is 4.90 Å². The molecule has 1 unspecified atom stereocenters. The van der Waals surface area contributed by atoms with E-state index in [0.717, 1.165) is 12.0 Å². The Morgan fingerprint density at radius 1 is 1.32 bits per heavy atom. The Labute approximate surface area is 112 Å². The van der Waals surface area contributed by atoms with E-state index in [4.69, 9.17) is 10.5 Å². The number of primary amides is 1. The van der Waals surface area contributed by atoms with Crippen LogP contribution in [-0.2, 0) is 16.1 Å². The standard InChI is InChI=1S/C14H17N2O3/c15-13(17)12-8-4-5-9-16(12)14(18)19-10-11-6-2-1-3-7-11/h1-4,6-7,12H,5,8-10H2,(H2,15,17). The number of nitrogens with two attached hydrogens (primary N) is 1. The van der Waals surface area contributed by atoms with Crippen LogP contribution in [0, 0.1) is 6.42 Å². The van der Waals surface area contributed by atoms with Crippen LogP contribution in [0.15, 0.2) is 30.3 Å². The zero-order valence-electron chi connectivity index (χ0n) is 10.6. The molecule has 0 bridgehead atoms. The first-order valence-electron chi connectivity index (χ1n) is 6.27. The van der Waals surface area contributed by atoms with Crippen LogP contribution in [0.5, 0.6) is 0 Å². The normalized spacial score (nSPS) is 18.9. The van der Waals surface area contributed by atoms with Gasteiger partial charge in [0.25, 0.3) is 0 Å². The van der Waals surface area contributed by atoms with Gasteiger partial charge in [-0.3, -0.25) is 9.69 Å². The fourth-order valence-corrected chi connectivity index (χ4v) is 2.08. The number of benzene rings is 1. The lowest BCUT2D eigenvalue weighted by atomic mass is 10.0. The smallest absolute Gasteiger partial charge is 0.410 e. The van der Waals surface area contributed by atoms with Crippen molar-refractivity contribution in [2.24, 2.45) is 5.73 Å². The number of hydrogen-bond donors (Lipinski definition) is 1. The Morgan fingerprint density at radius 2 is 2.05 bits per heavy atom. The average Bonchev–Trinajstić information content (AvgIpc) is 2.46. The molecule has 0 aliphatic carbocycles. The van der Waals surface area contributed by atoms with Gasteiger partial charge in [-0.25, -0.2) is 4.79 Å². The van der Waals surface area contributed by atoms with Crippen LogP contribution in [-0.4, -0.2) is 29.5 Å². The van der Waals surface area contributed by atoms with E-state index < -0.39 is 18.0 Å². The minimum atomic E-state index is -0.586. The van der Waals surface area contributed by atoms with Crippen molar-refractivity contribution >= 4 is 12.0 Å². The first kappa shape index (κ1) is 13.4. The Morgan fingerprint density at radius 3 is 2.74 bits per heavy atom. The maximum atomic E-state index is 12.0. The third-order valence-electron chi connectivity index (χ3n) is 3.11. The van der Waals surface area contributed by atoms with Gasteiger partial charge >= 0.3 is 6.09 Å². The summed E-state index contributed by atoms with van der Waals surface area (Å²) in [4.78, 5) is 24.7. The highest BCUT2D eigenvalue weighted by Gasteiger charge is 2.31. The molecule has 1 saturated heterocycles. The van der Waals surface area contributed by atoms with Crippen LogP contribution in [0.2, 0.25) is 0 Å². The lowest BCUT2D eigenvalue weighted by Crippen LogP contribution is -2.50. The molecule has 0 aromatic heterocycles. The monoisotopic (exact) mass is 261 g/mol. The minimum absolute atomic E-state index is 0.200. The molecule has 0 saturated carbocycles. The molecule has 2 N–H and O–H groups in total. The van der Waals surface area contributed by atoms with E-state index in [2.05, 4.69) is 0 Å². The fraction of sp³-hybridized carbons (Fsp3) is 0.357. The largest absolute Gasteiger partial charge is 0.445 e. The molecule has 1 fully saturated rings. The molecule has 0 spiro atoms. The lowest BCUT2D eigenvalue weighted by Gasteiger charge is -2.32. The van der Waals surface area contributed by atoms with E-state index >= 15 is 0 Å². The van der Waals surface area contributed by atoms with Gasteiger partial charge in [-0.15, -0.1) is 0 Å². The van der Waals surface area contributed by atoms with Crippen molar-refractivity contribution in [3.8, 4) is 0 Å². The molecule has 2 rings (SSSR count). The van der Waals surface area contributed by atoms with Gasteiger partial charge < -0.3 is 10.5 Å². The summed E-state index contributed by atoms with van der Waals surface area (Å²) in [6, 6.07) is 8.83. The summed E-state index contributed by atoms with van der Waals surface area (Å²) in [6.45, 7) is 0.673. The van der Waals surface area contributed by atoms with Gasteiger partial charge in [-0.05, 0) is 24.8 Å². The summed E-state index contributed by atoms with van der Waals surface area (Å²) in [5, 5.41) is 0. The molecule has 2 amide bonds. The fourth-order valence-electron chi connectivity index (χ4n) is 2.08. The Bertz CT molecular complexity index is 447. The molecular formula is C14H17N2O3. The van der Waals surface area contributed by atoms with Crippen molar-refractivity contribution in [3.05, 3.63) is 42.3 Å². The van der Waals surface area contributed by atoms with Crippen LogP contribution in [0.4, 0.5) is 4.79 Å². The van der Waals surface area contributed by atoms with E-state index in [1.807, 2.05) is 36.8 Å². The second-order valence-electron chi connectivity index (χ2n) is 4.46. The number of piperidine rings is 1. The molecule has 1 radical (unpaired) electrons. The molecule has 1 atom stereocenters. The number of hydrogen-bond acceptors (Lipinski definition) is 3. The number of amides is 2. The number of rotatable bonds is 3. The summed E-state index contributed by atoms with van der Waals surface area (Å²) in [7, 11) is 0. The first-order valence-corrected chi connectivity index (χ1v) is 6.27. The highest BCUT2D eigenvalue weighted by Crippen LogP contribution is 2.17. The SMILES string of the molecule is NC(=O)C1C[CH]CCN1C(=O)OCc1ccccc1. The Kier molecular flexibility index (Phi) is 4.39. The zero-order chi connectivity index (χ0) is 13.7. The number of likely N-dealkylation sites (tertiary alicyclic amines) is 1. The predicted octanol–water partition coefficient (Wildman–Crippen LogP) is 1.48. The van der Waals surface area contributed by atoms with E-state index in [0.29, 0.717) is 13.0 Å². The van der Waals surface area contributed by atoms with Gasteiger partial charge in [0.1, 0.15) is 12.6 Å². The molecule has 5 nitrogen and oxygen atoms in total. The quantitative estimate of drug-likeness (QED) is 0.895. The maximum Gasteiger partial charge on any atom is 0.410 e. The molecule has 19 heavy (non-hydrogen) atoms. The molecule has 1 aliphatic heterocycles. The van der Waals surface area contributed by atoms with Gasteiger partial charge in [0.05, 0.1) is 0 Å². The molecule has 1 heterocycles. The number of carbonyl (C=O) groups is 2. The van der Waals surface area contributed by atoms with Crippen LogP contribution >= 0.6 is 0 Å². The summed E-state index contributed by atoms with van der Waals surface area (Å²) < 4.78 is 5.21. The molecule has 1 aromatic carbocycles. The second kappa shape index (κ2) is 6.22. The number of carbonyl (C=O) groups excluding carboxylic acids is 2. The highest BCUT2D eigenvalue weighted by atomic mass is 16.6. The van der Waals surface area contributed by atoms with Crippen molar-refractivity contribution in [1.29, 1.82) is 0 Å². The lowest BCUT2D eigenvalue weighted by molar-refractivity contribution is -0.123. The Balaban J connectivity index is 1.93. The maximum absolute atomic E-state index is 12.0. The zero-order valence-corrected chi connectivity index (χ0v) is 10.6. The summed E-state index contributed by atoms with van der Waals surface area (Å²) in [6.07, 6.45) is 2.73. The van der Waals surface area contributed by atoms with Crippen LogP contribution in [0.3, 0.4) is 0 Å². The van der Waals surface area contributed by atoms with Gasteiger partial charge in [0, 0.05) is 6.54 Å². The van der Waals surface area contributed by atoms with Gasteiger partial charge in [0.2, 0.25) is 5.91 Å². The van der Waals surface area contributed by atoms with Crippen LogP contribution < -0.4 is 5.73 Å². The van der Waals surface area contributed by atoms with Crippen LogP contribution in [0.1, 0.15) is 18.4 Å². The molecule has 5 heteroatoms. The molecule has 1 aliphatic rings. The number of nitrogens with zero attached hydrogens (tertiary/aromatic N) is 1. The summed E-state index contributed by atoms with van der Waals surface area (Å²) >= 11 is 0. The van der Waals surface area contributed by atoms with Crippen LogP contribution in [0.25, 0.3) is 0 Å². The van der Waals surface area contributed by atoms with Crippen molar-refractivity contribution in [3.63, 3.8) is 0 Å². The third-order valence-corrected chi connectivity index (χ3v) is 3.11. The minimum Gasteiger partial charge on any atom is -0.445 e. The molecule has 101 valence electrons. The summed E-state index contributed by atoms with van der Waals surface area (Å²) in [5.74, 6) is -0.493. The highest BCUT2D eigenvalue weighted by molar-refractivity contribution is 5.84. The number of ether oxygens (including phenoxy) is 1. The van der Waals surface area contributed by atoms with Crippen molar-refractivity contribution in [2.75, 3.05) is 6.54 Å². The third kappa shape index (κ3) is 3.47. The average molecular weight is 261 g/mol. The molecule has 1 aromatic rings. The van der Waals surface area contributed by atoms with Gasteiger partial charge in [-0.2, -0.15) is 0 Å². The summed E-state index contributed by atoms with van der Waals surface area (Å²) in [5.41, 5.74) is 6.21. The van der Waals surface area contributed by atoms with Crippen molar-refractivity contribution < 1.29 is 14.3 Å². The second-order valence-corrected chi connectivity index (χ2v) is 4.46. The van der Waals surface area contributed by atoms with E-state index in [-0.39, 0.29) is 6.61 Å². The van der Waals surface area contributed by atoms with E-state index in [1.165, 1.54) is 4.90 Å². The Hall–Kier alpha value is -2.04. The van der Waals surface area contributed by atoms with E-state index in [1.54, 1.807) is 0 Å². The van der Waals surface area contributed by atoms with Gasteiger partial charge in [-0.1, -0.05) is 30.3 Å².